The van der Waals surface area contributed by atoms with Gasteiger partial charge < -0.3 is 10.6 Å². The van der Waals surface area contributed by atoms with Crippen molar-refractivity contribution in [2.45, 2.75) is 12.7 Å². The van der Waals surface area contributed by atoms with E-state index in [4.69, 9.17) is 12.2 Å². The van der Waals surface area contributed by atoms with Gasteiger partial charge in [0.25, 0.3) is 0 Å². The second-order valence-electron chi connectivity index (χ2n) is 6.14. The first-order chi connectivity index (χ1) is 12.8. The molecule has 27 heavy (non-hydrogen) atoms. The van der Waals surface area contributed by atoms with Crippen molar-refractivity contribution >= 4 is 50.5 Å². The summed E-state index contributed by atoms with van der Waals surface area (Å²) in [7, 11) is -1.77. The van der Waals surface area contributed by atoms with E-state index in [1.165, 1.54) is 28.7 Å². The van der Waals surface area contributed by atoms with E-state index in [9.17, 15) is 8.42 Å². The highest BCUT2D eigenvalue weighted by molar-refractivity contribution is 7.98. The Balaban J connectivity index is 1.77. The number of rotatable bonds is 8. The number of thioether (sulfide) groups is 1. The lowest BCUT2D eigenvalue weighted by atomic mass is 10.1. The Labute approximate surface area is 171 Å². The first kappa shape index (κ1) is 21.5. The van der Waals surface area contributed by atoms with Crippen LogP contribution in [0.5, 0.6) is 0 Å². The van der Waals surface area contributed by atoms with E-state index < -0.39 is 10.0 Å². The van der Waals surface area contributed by atoms with Crippen molar-refractivity contribution < 1.29 is 8.42 Å². The molecule has 8 heteroatoms. The van der Waals surface area contributed by atoms with Crippen molar-refractivity contribution in [1.82, 2.24) is 5.32 Å². The van der Waals surface area contributed by atoms with Gasteiger partial charge in [0, 0.05) is 30.8 Å². The Kier molecular flexibility index (Phi) is 7.94. The van der Waals surface area contributed by atoms with Gasteiger partial charge in [0.15, 0.2) is 5.11 Å². The highest BCUT2D eigenvalue weighted by atomic mass is 32.2. The highest BCUT2D eigenvalue weighted by Gasteiger charge is 2.12. The second-order valence-corrected chi connectivity index (χ2v) is 9.67. The highest BCUT2D eigenvalue weighted by Crippen LogP contribution is 2.20. The molecule has 0 aliphatic rings. The van der Waals surface area contributed by atoms with Crippen LogP contribution in [-0.4, -0.2) is 39.1 Å². The molecule has 0 spiro atoms. The standard InChI is InChI=1S/C19H25N3O2S3/c1-15-7-4-5-8-16(15)14-26-12-11-20-19(25)21-17-9-6-10-18(13-17)22(2)27(3,23)24/h4-10,13H,11-12,14H2,1-3H3,(H2,20,21,25). The van der Waals surface area contributed by atoms with Gasteiger partial charge in [-0.15, -0.1) is 0 Å². The fourth-order valence-corrected chi connectivity index (χ4v) is 3.99. The smallest absolute Gasteiger partial charge is 0.231 e. The fraction of sp³-hybridized carbons (Fsp3) is 0.316. The van der Waals surface area contributed by atoms with E-state index in [-0.39, 0.29) is 0 Å². The number of hydrogen-bond acceptors (Lipinski definition) is 4. The molecule has 2 aromatic carbocycles. The minimum absolute atomic E-state index is 0.519. The molecule has 0 aliphatic heterocycles. The van der Waals surface area contributed by atoms with Crippen LogP contribution in [0.1, 0.15) is 11.1 Å². The molecule has 0 fully saturated rings. The lowest BCUT2D eigenvalue weighted by molar-refractivity contribution is 0.600. The molecule has 0 bridgehead atoms. The Morgan fingerprint density at radius 2 is 1.93 bits per heavy atom. The molecule has 0 radical (unpaired) electrons. The minimum atomic E-state index is -3.29. The van der Waals surface area contributed by atoms with Gasteiger partial charge in [0.1, 0.15) is 0 Å². The molecule has 0 atom stereocenters. The number of nitrogens with zero attached hydrogens (tertiary/aromatic N) is 1. The lowest BCUT2D eigenvalue weighted by Gasteiger charge is -2.18. The van der Waals surface area contributed by atoms with Crippen molar-refractivity contribution in [2.75, 3.05) is 35.2 Å². The summed E-state index contributed by atoms with van der Waals surface area (Å²) in [4.78, 5) is 0. The van der Waals surface area contributed by atoms with Crippen LogP contribution in [0.2, 0.25) is 0 Å². The van der Waals surface area contributed by atoms with Gasteiger partial charge in [-0.3, -0.25) is 4.31 Å². The molecule has 0 amide bonds. The summed E-state index contributed by atoms with van der Waals surface area (Å²) in [6.45, 7) is 2.88. The maximum atomic E-state index is 11.7. The van der Waals surface area contributed by atoms with Crippen LogP contribution in [-0.2, 0) is 15.8 Å². The van der Waals surface area contributed by atoms with Crippen molar-refractivity contribution in [3.8, 4) is 0 Å². The first-order valence-corrected chi connectivity index (χ1v) is 11.9. The van der Waals surface area contributed by atoms with Crippen LogP contribution in [0.25, 0.3) is 0 Å². The predicted octanol–water partition coefficient (Wildman–Crippen LogP) is 3.61. The third kappa shape index (κ3) is 7.04. The predicted molar refractivity (Wildman–Crippen MR) is 121 cm³/mol. The third-order valence-electron chi connectivity index (χ3n) is 4.02. The molecule has 146 valence electrons. The summed E-state index contributed by atoms with van der Waals surface area (Å²) in [5.74, 6) is 1.92. The van der Waals surface area contributed by atoms with Crippen molar-refractivity contribution in [3.05, 3.63) is 59.7 Å². The molecule has 0 unspecified atom stereocenters. The largest absolute Gasteiger partial charge is 0.362 e. The number of aryl methyl sites for hydroxylation is 1. The minimum Gasteiger partial charge on any atom is -0.362 e. The van der Waals surface area contributed by atoms with Gasteiger partial charge in [0.05, 0.1) is 11.9 Å². The summed E-state index contributed by atoms with van der Waals surface area (Å²) in [5, 5.41) is 6.79. The topological polar surface area (TPSA) is 61.4 Å². The zero-order chi connectivity index (χ0) is 19.9. The maximum Gasteiger partial charge on any atom is 0.231 e. The van der Waals surface area contributed by atoms with E-state index in [1.807, 2.05) is 17.8 Å². The average Bonchev–Trinajstić information content (AvgIpc) is 2.61. The van der Waals surface area contributed by atoms with Crippen LogP contribution in [0.15, 0.2) is 48.5 Å². The molecular weight excluding hydrogens is 398 g/mol. The van der Waals surface area contributed by atoms with E-state index in [0.717, 1.165) is 23.7 Å². The average molecular weight is 424 g/mol. The summed E-state index contributed by atoms with van der Waals surface area (Å²) < 4.78 is 24.5. The monoisotopic (exact) mass is 423 g/mol. The maximum absolute atomic E-state index is 11.7. The zero-order valence-corrected chi connectivity index (χ0v) is 18.2. The van der Waals surface area contributed by atoms with E-state index in [2.05, 4.69) is 41.8 Å². The number of sulfonamides is 1. The molecule has 5 nitrogen and oxygen atoms in total. The number of thiocarbonyl (C=S) groups is 1. The SMILES string of the molecule is Cc1ccccc1CSCCNC(=S)Nc1cccc(N(C)S(C)(=O)=O)c1. The lowest BCUT2D eigenvalue weighted by Crippen LogP contribution is -2.30. The van der Waals surface area contributed by atoms with Gasteiger partial charge in [0.2, 0.25) is 10.0 Å². The van der Waals surface area contributed by atoms with Gasteiger partial charge in [-0.1, -0.05) is 30.3 Å². The summed E-state index contributed by atoms with van der Waals surface area (Å²) in [5.41, 5.74) is 4.00. The van der Waals surface area contributed by atoms with Crippen molar-refractivity contribution in [2.24, 2.45) is 0 Å². The van der Waals surface area contributed by atoms with Crippen LogP contribution in [0, 0.1) is 6.92 Å². The number of benzene rings is 2. The second kappa shape index (κ2) is 9.96. The Morgan fingerprint density at radius 1 is 1.19 bits per heavy atom. The van der Waals surface area contributed by atoms with Crippen LogP contribution >= 0.6 is 24.0 Å². The van der Waals surface area contributed by atoms with E-state index >= 15 is 0 Å². The summed E-state index contributed by atoms with van der Waals surface area (Å²) >= 11 is 7.17. The van der Waals surface area contributed by atoms with Crippen LogP contribution < -0.4 is 14.9 Å². The molecule has 0 saturated heterocycles. The normalized spacial score (nSPS) is 11.1. The van der Waals surface area contributed by atoms with Gasteiger partial charge in [-0.25, -0.2) is 8.42 Å². The molecule has 2 rings (SSSR count). The van der Waals surface area contributed by atoms with Crippen molar-refractivity contribution in [3.63, 3.8) is 0 Å². The van der Waals surface area contributed by atoms with Gasteiger partial charge in [-0.2, -0.15) is 11.8 Å². The molecule has 2 aromatic rings. The number of anilines is 2. The Bertz CT molecular complexity index is 885. The third-order valence-corrected chi connectivity index (χ3v) is 6.48. The van der Waals surface area contributed by atoms with Gasteiger partial charge in [-0.05, 0) is 48.5 Å². The van der Waals surface area contributed by atoms with Gasteiger partial charge >= 0.3 is 0 Å². The first-order valence-electron chi connectivity index (χ1n) is 8.48. The molecule has 0 heterocycles. The Hall–Kier alpha value is -1.77. The fourth-order valence-electron chi connectivity index (χ4n) is 2.34. The molecule has 0 saturated carbocycles. The quantitative estimate of drug-likeness (QED) is 0.500. The zero-order valence-electron chi connectivity index (χ0n) is 15.7. The summed E-state index contributed by atoms with van der Waals surface area (Å²) in [6.07, 6.45) is 1.17. The molecule has 0 aliphatic carbocycles. The van der Waals surface area contributed by atoms with Crippen LogP contribution in [0.3, 0.4) is 0 Å². The van der Waals surface area contributed by atoms with Crippen LogP contribution in [0.4, 0.5) is 11.4 Å². The van der Waals surface area contributed by atoms with E-state index in [0.29, 0.717) is 10.8 Å². The molecule has 0 aromatic heterocycles. The summed E-state index contributed by atoms with van der Waals surface area (Å²) in [6, 6.07) is 15.5. The number of nitrogens with one attached hydrogen (secondary N) is 2. The van der Waals surface area contributed by atoms with E-state index in [1.54, 1.807) is 18.2 Å². The number of hydrogen-bond donors (Lipinski definition) is 2. The Morgan fingerprint density at radius 3 is 2.63 bits per heavy atom. The molecular formula is C19H25N3O2S3. The molecule has 2 N–H and O–H groups in total. The van der Waals surface area contributed by atoms with Crippen molar-refractivity contribution in [1.29, 1.82) is 0 Å².